The minimum Gasteiger partial charge on any atom is -0.251 e. The molecule has 0 spiro atoms. The molecule has 0 saturated heterocycles. The lowest BCUT2D eigenvalue weighted by Gasteiger charge is -2.46. The largest absolute Gasteiger partial charge is 0.251 e. The van der Waals surface area contributed by atoms with Crippen LogP contribution in [0.15, 0.2) is 97.1 Å². The molecule has 0 fully saturated rings. The molecule has 0 radical (unpaired) electrons. The van der Waals surface area contributed by atoms with Crippen LogP contribution in [-0.4, -0.2) is 20.3 Å². The van der Waals surface area contributed by atoms with Gasteiger partial charge in [0, 0.05) is 10.8 Å². The summed E-state index contributed by atoms with van der Waals surface area (Å²) >= 11 is 0. The van der Waals surface area contributed by atoms with Crippen molar-refractivity contribution in [3.8, 4) is 0 Å². The molecule has 4 heteroatoms. The molecule has 5 aromatic rings. The summed E-state index contributed by atoms with van der Waals surface area (Å²) in [4.78, 5) is 10.5. The molecule has 0 aliphatic carbocycles. The summed E-state index contributed by atoms with van der Waals surface area (Å²) < 4.78 is 0. The lowest BCUT2D eigenvalue weighted by atomic mass is 9.86. The summed E-state index contributed by atoms with van der Waals surface area (Å²) in [5.74, 6) is 0. The fourth-order valence-corrected chi connectivity index (χ4v) is 10.3. The van der Waals surface area contributed by atoms with Crippen LogP contribution >= 0.6 is 17.2 Å². The second kappa shape index (κ2) is 11.3. The molecule has 5 rings (SSSR count). The van der Waals surface area contributed by atoms with Gasteiger partial charge in [-0.2, -0.15) is 0 Å². The van der Waals surface area contributed by atoms with Gasteiger partial charge in [-0.25, -0.2) is 0 Å². The molecule has 0 amide bonds. The Bertz CT molecular complexity index is 1540. The zero-order valence-corrected chi connectivity index (χ0v) is 26.8. The first-order valence-electron chi connectivity index (χ1n) is 14.5. The highest BCUT2D eigenvalue weighted by molar-refractivity contribution is 7.60. The Morgan fingerprint density at radius 3 is 1.55 bits per heavy atom. The molecule has 0 N–H and O–H groups in total. The van der Waals surface area contributed by atoms with Crippen molar-refractivity contribution in [3.63, 3.8) is 0 Å². The van der Waals surface area contributed by atoms with Crippen molar-refractivity contribution in [1.29, 1.82) is 0 Å². The summed E-state index contributed by atoms with van der Waals surface area (Å²) in [6.07, 6.45) is 3.42. The minimum absolute atomic E-state index is 0.272. The third-order valence-electron chi connectivity index (χ3n) is 8.97. The zero-order chi connectivity index (χ0) is 28.5. The summed E-state index contributed by atoms with van der Waals surface area (Å²) in [7, 11) is 2.89. The molecule has 0 aliphatic heterocycles. The summed E-state index contributed by atoms with van der Waals surface area (Å²) in [5, 5.41) is 2.24. The molecule has 2 heterocycles. The molecule has 0 saturated carbocycles. The Morgan fingerprint density at radius 1 is 0.600 bits per heavy atom. The van der Waals surface area contributed by atoms with E-state index in [1.54, 1.807) is 0 Å². The molecule has 0 aliphatic rings. The first-order chi connectivity index (χ1) is 19.1. The van der Waals surface area contributed by atoms with E-state index in [0.717, 1.165) is 39.4 Å². The van der Waals surface area contributed by atoms with Crippen molar-refractivity contribution in [1.82, 2.24) is 9.97 Å². The maximum atomic E-state index is 5.27. The lowest BCUT2D eigenvalue weighted by Crippen LogP contribution is -2.31. The van der Waals surface area contributed by atoms with E-state index in [4.69, 9.17) is 9.97 Å². The van der Waals surface area contributed by atoms with Crippen molar-refractivity contribution >= 4 is 39.0 Å². The topological polar surface area (TPSA) is 25.8 Å². The molecular formula is C36H42N2P2. The van der Waals surface area contributed by atoms with Gasteiger partial charge in [-0.15, -0.1) is 9.24 Å². The van der Waals surface area contributed by atoms with Crippen molar-refractivity contribution in [2.45, 2.75) is 76.0 Å². The van der Waals surface area contributed by atoms with E-state index in [1.165, 1.54) is 24.0 Å². The second-order valence-electron chi connectivity index (χ2n) is 12.2. The third-order valence-corrected chi connectivity index (χ3v) is 14.1. The number of nitrogens with zero attached hydrogens (tertiary/aromatic N) is 2. The van der Waals surface area contributed by atoms with Crippen LogP contribution in [0, 0.1) is 0 Å². The molecular weight excluding hydrogens is 522 g/mol. The SMILES string of the molecule is CCC(C)(C)P(Cc1ccccc1C(P)(c1ccc2ccccc2n1)c1ccc2ccccc2n1)C(C)(C)CC. The fraction of sp³-hybridized carbons (Fsp3) is 0.333. The summed E-state index contributed by atoms with van der Waals surface area (Å²) in [5.41, 5.74) is 6.69. The standard InChI is InChI=1S/C36H42N2P2/c1-7-34(3,4)40(35(5,6)8-2)25-28-17-9-12-18-29(28)36(39,32-23-21-26-15-10-13-19-30(26)37-32)33-24-22-27-16-11-14-20-31(27)38-33/h9-24H,7-8,25,39H2,1-6H3. The minimum atomic E-state index is -0.599. The molecule has 206 valence electrons. The van der Waals surface area contributed by atoms with Crippen LogP contribution in [0.4, 0.5) is 0 Å². The molecule has 0 bridgehead atoms. The fourth-order valence-electron chi connectivity index (χ4n) is 5.82. The van der Waals surface area contributed by atoms with E-state index in [0.29, 0.717) is 0 Å². The number of hydrogen-bond acceptors (Lipinski definition) is 2. The Morgan fingerprint density at radius 2 is 1.05 bits per heavy atom. The van der Waals surface area contributed by atoms with Crippen LogP contribution in [0.2, 0.25) is 0 Å². The molecule has 1 atom stereocenters. The van der Waals surface area contributed by atoms with E-state index < -0.39 is 5.16 Å². The van der Waals surface area contributed by atoms with Gasteiger partial charge in [0.2, 0.25) is 0 Å². The maximum Gasteiger partial charge on any atom is 0.0936 e. The number of fused-ring (bicyclic) bond motifs is 2. The van der Waals surface area contributed by atoms with Crippen LogP contribution in [0.3, 0.4) is 0 Å². The van der Waals surface area contributed by atoms with Gasteiger partial charge in [0.15, 0.2) is 0 Å². The van der Waals surface area contributed by atoms with Gasteiger partial charge in [-0.3, -0.25) is 9.97 Å². The van der Waals surface area contributed by atoms with Crippen molar-refractivity contribution in [2.75, 3.05) is 0 Å². The molecule has 2 nitrogen and oxygen atoms in total. The van der Waals surface area contributed by atoms with Crippen LogP contribution in [0.25, 0.3) is 21.8 Å². The second-order valence-corrected chi connectivity index (χ2v) is 16.6. The van der Waals surface area contributed by atoms with Gasteiger partial charge >= 0.3 is 0 Å². The molecule has 1 unspecified atom stereocenters. The Hall–Kier alpha value is -2.66. The third kappa shape index (κ3) is 5.34. The first kappa shape index (κ1) is 28.9. The van der Waals surface area contributed by atoms with Crippen LogP contribution in [0.1, 0.15) is 76.9 Å². The van der Waals surface area contributed by atoms with Gasteiger partial charge < -0.3 is 0 Å². The number of para-hydroxylation sites is 2. The van der Waals surface area contributed by atoms with Gasteiger partial charge in [-0.05, 0) is 64.7 Å². The quantitative estimate of drug-likeness (QED) is 0.166. The highest BCUT2D eigenvalue weighted by Crippen LogP contribution is 2.64. The van der Waals surface area contributed by atoms with Crippen LogP contribution in [-0.2, 0) is 11.3 Å². The van der Waals surface area contributed by atoms with E-state index in [2.05, 4.69) is 148 Å². The Labute approximate surface area is 244 Å². The van der Waals surface area contributed by atoms with Gasteiger partial charge in [0.25, 0.3) is 0 Å². The monoisotopic (exact) mass is 564 g/mol. The van der Waals surface area contributed by atoms with Gasteiger partial charge in [-0.1, -0.05) is 122 Å². The van der Waals surface area contributed by atoms with E-state index in [9.17, 15) is 0 Å². The van der Waals surface area contributed by atoms with Crippen molar-refractivity contribution in [3.05, 3.63) is 120 Å². The van der Waals surface area contributed by atoms with E-state index >= 15 is 0 Å². The number of hydrogen-bond donors (Lipinski definition) is 0. The highest BCUT2D eigenvalue weighted by Gasteiger charge is 2.41. The normalized spacial score (nSPS) is 12.9. The number of benzene rings is 3. The Kier molecular flexibility index (Phi) is 8.16. The molecule has 3 aromatic carbocycles. The molecule has 2 aromatic heterocycles. The molecule has 40 heavy (non-hydrogen) atoms. The van der Waals surface area contributed by atoms with Crippen molar-refractivity contribution in [2.24, 2.45) is 0 Å². The predicted molar refractivity (Wildman–Crippen MR) is 179 cm³/mol. The average Bonchev–Trinajstić information content (AvgIpc) is 2.99. The summed E-state index contributed by atoms with van der Waals surface area (Å²) in [6.45, 7) is 14.6. The lowest BCUT2D eigenvalue weighted by molar-refractivity contribution is 0.601. The maximum absolute atomic E-state index is 5.27. The number of pyridine rings is 2. The predicted octanol–water partition coefficient (Wildman–Crippen LogP) is 10.3. The van der Waals surface area contributed by atoms with Crippen LogP contribution in [0.5, 0.6) is 0 Å². The number of aromatic nitrogens is 2. The Balaban J connectivity index is 1.75. The first-order valence-corrected chi connectivity index (χ1v) is 16.6. The van der Waals surface area contributed by atoms with E-state index in [1.807, 2.05) is 0 Å². The van der Waals surface area contributed by atoms with Gasteiger partial charge in [0.05, 0.1) is 27.6 Å². The number of rotatable bonds is 9. The highest BCUT2D eigenvalue weighted by atomic mass is 31.1. The van der Waals surface area contributed by atoms with Crippen molar-refractivity contribution < 1.29 is 0 Å². The van der Waals surface area contributed by atoms with Gasteiger partial charge in [0.1, 0.15) is 0 Å². The average molecular weight is 565 g/mol. The van der Waals surface area contributed by atoms with E-state index in [-0.39, 0.29) is 18.2 Å². The summed E-state index contributed by atoms with van der Waals surface area (Å²) in [6, 6.07) is 34.6. The smallest absolute Gasteiger partial charge is 0.0936 e. The zero-order valence-electron chi connectivity index (χ0n) is 24.8. The van der Waals surface area contributed by atoms with Crippen LogP contribution < -0.4 is 0 Å².